The maximum atomic E-state index is 14.0. The van der Waals surface area contributed by atoms with Crippen LogP contribution in [0.1, 0.15) is 71.6 Å². The number of unbranched alkanes of at least 4 members (excludes halogenated alkanes) is 2. The second-order valence-corrected chi connectivity index (χ2v) is 19.7. The SMILES string of the molecule is CCC[CH2][Sn]([CH2]CCC)([O]C(=O)c1c(C)nn(C)c1Oc1ccccc1)[O]C(=O)c1c(C)nn(C)c1Oc1ccccc1. The number of aryl methyl sites for hydroxylation is 4. The van der Waals surface area contributed by atoms with Gasteiger partial charge in [-0.1, -0.05) is 0 Å². The van der Waals surface area contributed by atoms with E-state index in [1.807, 2.05) is 36.4 Å². The third kappa shape index (κ3) is 7.78. The molecule has 2 aromatic carbocycles. The molecule has 4 rings (SSSR count). The van der Waals surface area contributed by atoms with Gasteiger partial charge in [-0.2, -0.15) is 0 Å². The van der Waals surface area contributed by atoms with Crippen LogP contribution in [0.5, 0.6) is 23.3 Å². The summed E-state index contributed by atoms with van der Waals surface area (Å²) in [6.45, 7) is 7.60. The number of ether oxygens (including phenoxy) is 2. The number of aromatic nitrogens is 4. The number of hydrogen-bond donors (Lipinski definition) is 0. The van der Waals surface area contributed by atoms with Crippen LogP contribution in [0, 0.1) is 13.8 Å². The standard InChI is InChI=1S/2C12H12N2O3.2C4H9.Sn/c2*1-8-10(12(15)16)11(14(2)13-8)17-9-6-4-3-5-7-9;2*1-3-4-2;/h2*3-7H,1-2H3,(H,15,16);2*1,3-4H2,2H3;/q;;;;+2/p-2. The average Bonchev–Trinajstić information content (AvgIpc) is 3.43. The quantitative estimate of drug-likeness (QED) is 0.126. The molecule has 0 spiro atoms. The van der Waals surface area contributed by atoms with Crippen molar-refractivity contribution >= 4 is 31.1 Å². The van der Waals surface area contributed by atoms with Crippen LogP contribution < -0.4 is 9.47 Å². The molecular weight excluding hydrogens is 655 g/mol. The number of benzene rings is 2. The van der Waals surface area contributed by atoms with Crippen LogP contribution in [-0.4, -0.2) is 50.7 Å². The summed E-state index contributed by atoms with van der Waals surface area (Å²) in [6.07, 6.45) is 3.25. The Morgan fingerprint density at radius 3 is 1.40 bits per heavy atom. The Morgan fingerprint density at radius 1 is 0.674 bits per heavy atom. The van der Waals surface area contributed by atoms with Gasteiger partial charge in [0, 0.05) is 0 Å². The Hall–Kier alpha value is -3.80. The van der Waals surface area contributed by atoms with Crippen LogP contribution in [0.4, 0.5) is 0 Å². The van der Waals surface area contributed by atoms with Gasteiger partial charge in [-0.15, -0.1) is 0 Å². The van der Waals surface area contributed by atoms with Crippen molar-refractivity contribution in [1.29, 1.82) is 0 Å². The van der Waals surface area contributed by atoms with E-state index in [1.165, 1.54) is 9.36 Å². The number of rotatable bonds is 14. The number of carbonyl (C=O) groups excluding carboxylic acids is 2. The molecule has 0 aliphatic carbocycles. The molecule has 10 nitrogen and oxygen atoms in total. The second-order valence-electron chi connectivity index (χ2n) is 10.5. The molecule has 0 amide bonds. The van der Waals surface area contributed by atoms with E-state index in [4.69, 9.17) is 15.6 Å². The molecule has 0 radical (unpaired) electrons. The van der Waals surface area contributed by atoms with E-state index in [0.29, 0.717) is 31.8 Å². The summed E-state index contributed by atoms with van der Waals surface area (Å²) in [5.74, 6) is 0.499. The van der Waals surface area contributed by atoms with Crippen LogP contribution in [0.2, 0.25) is 8.87 Å². The topological polar surface area (TPSA) is 107 Å². The zero-order valence-corrected chi connectivity index (χ0v) is 28.6. The Balaban J connectivity index is 1.69. The summed E-state index contributed by atoms with van der Waals surface area (Å²) in [4.78, 5) is 28.0. The first-order chi connectivity index (χ1) is 20.7. The molecule has 0 atom stereocenters. The number of hydrogen-bond acceptors (Lipinski definition) is 8. The maximum absolute atomic E-state index is 14.0. The van der Waals surface area contributed by atoms with Gasteiger partial charge >= 0.3 is 259 Å². The monoisotopic (exact) mass is 696 g/mol. The van der Waals surface area contributed by atoms with E-state index in [1.54, 1.807) is 52.2 Å². The third-order valence-corrected chi connectivity index (χ3v) is 16.6. The van der Waals surface area contributed by atoms with Gasteiger partial charge in [0.15, 0.2) is 0 Å². The number of nitrogens with zero attached hydrogens (tertiary/aromatic N) is 4. The van der Waals surface area contributed by atoms with Gasteiger partial charge in [-0.05, 0) is 0 Å². The van der Waals surface area contributed by atoms with Crippen LogP contribution in [-0.2, 0) is 20.2 Å². The third-order valence-electron chi connectivity index (χ3n) is 7.04. The van der Waals surface area contributed by atoms with Crippen molar-refractivity contribution in [3.8, 4) is 23.3 Å². The summed E-state index contributed by atoms with van der Waals surface area (Å²) in [7, 11) is 3.43. The van der Waals surface area contributed by atoms with E-state index in [2.05, 4.69) is 24.0 Å². The van der Waals surface area contributed by atoms with Crippen LogP contribution in [0.25, 0.3) is 0 Å². The van der Waals surface area contributed by atoms with E-state index in [-0.39, 0.29) is 22.9 Å². The predicted molar refractivity (Wildman–Crippen MR) is 165 cm³/mol. The minimum absolute atomic E-state index is 0.224. The Kier molecular flexibility index (Phi) is 10.9. The molecule has 4 aromatic rings. The van der Waals surface area contributed by atoms with Gasteiger partial charge in [0.1, 0.15) is 0 Å². The minimum atomic E-state index is -4.46. The average molecular weight is 695 g/mol. The predicted octanol–water partition coefficient (Wildman–Crippen LogP) is 7.41. The van der Waals surface area contributed by atoms with Gasteiger partial charge in [0.2, 0.25) is 0 Å². The molecular formula is C32H40N4O6Sn. The van der Waals surface area contributed by atoms with Crippen molar-refractivity contribution in [1.82, 2.24) is 19.6 Å². The second kappa shape index (κ2) is 14.6. The molecule has 2 aromatic heterocycles. The van der Waals surface area contributed by atoms with Crippen LogP contribution in [0.3, 0.4) is 0 Å². The molecule has 0 aliphatic heterocycles. The van der Waals surface area contributed by atoms with Crippen LogP contribution in [0.15, 0.2) is 60.7 Å². The van der Waals surface area contributed by atoms with Gasteiger partial charge in [-0.3, -0.25) is 0 Å². The van der Waals surface area contributed by atoms with Crippen molar-refractivity contribution in [2.45, 2.75) is 62.3 Å². The normalized spacial score (nSPS) is 11.3. The number of para-hydroxylation sites is 2. The summed E-state index contributed by atoms with van der Waals surface area (Å²) in [5, 5.41) is 8.87. The molecule has 43 heavy (non-hydrogen) atoms. The molecule has 11 heteroatoms. The fourth-order valence-electron chi connectivity index (χ4n) is 4.86. The first kappa shape index (κ1) is 32.1. The van der Waals surface area contributed by atoms with E-state index < -0.39 is 31.1 Å². The van der Waals surface area contributed by atoms with Crippen molar-refractivity contribution in [2.75, 3.05) is 0 Å². The molecule has 0 unspecified atom stereocenters. The van der Waals surface area contributed by atoms with Gasteiger partial charge in [-0.25, -0.2) is 0 Å². The summed E-state index contributed by atoms with van der Waals surface area (Å²) in [5.41, 5.74) is 1.39. The van der Waals surface area contributed by atoms with Gasteiger partial charge < -0.3 is 0 Å². The van der Waals surface area contributed by atoms with Crippen LogP contribution >= 0.6 is 0 Å². The molecule has 0 bridgehead atoms. The van der Waals surface area contributed by atoms with Crippen molar-refractivity contribution in [3.05, 3.63) is 83.2 Å². The Morgan fingerprint density at radius 2 is 1.05 bits per heavy atom. The van der Waals surface area contributed by atoms with E-state index in [0.717, 1.165) is 25.7 Å². The van der Waals surface area contributed by atoms with Crippen molar-refractivity contribution in [3.63, 3.8) is 0 Å². The van der Waals surface area contributed by atoms with Crippen molar-refractivity contribution in [2.24, 2.45) is 14.1 Å². The van der Waals surface area contributed by atoms with Crippen molar-refractivity contribution < 1.29 is 25.2 Å². The summed E-state index contributed by atoms with van der Waals surface area (Å²) in [6, 6.07) is 18.4. The Labute approximate surface area is 257 Å². The zero-order valence-electron chi connectivity index (χ0n) is 25.8. The molecule has 228 valence electrons. The molecule has 0 N–H and O–H groups in total. The number of carbonyl (C=O) groups is 2. The fraction of sp³-hybridized carbons (Fsp3) is 0.375. The van der Waals surface area contributed by atoms with Gasteiger partial charge in [0.25, 0.3) is 0 Å². The fourth-order valence-corrected chi connectivity index (χ4v) is 14.5. The molecule has 0 saturated heterocycles. The van der Waals surface area contributed by atoms with Gasteiger partial charge in [0.05, 0.1) is 0 Å². The molecule has 0 aliphatic rings. The molecule has 0 fully saturated rings. The molecule has 2 heterocycles. The first-order valence-corrected chi connectivity index (χ1v) is 21.0. The van der Waals surface area contributed by atoms with E-state index in [9.17, 15) is 9.59 Å². The van der Waals surface area contributed by atoms with E-state index >= 15 is 0 Å². The summed E-state index contributed by atoms with van der Waals surface area (Å²) >= 11 is -4.46. The Bertz CT molecular complexity index is 1420. The zero-order chi connectivity index (χ0) is 31.0. The molecule has 0 saturated carbocycles. The first-order valence-electron chi connectivity index (χ1n) is 14.7. The summed E-state index contributed by atoms with van der Waals surface area (Å²) < 4.78 is 29.1.